The fourth-order valence-electron chi connectivity index (χ4n) is 5.28. The van der Waals surface area contributed by atoms with E-state index in [9.17, 15) is 9.59 Å². The lowest BCUT2D eigenvalue weighted by Gasteiger charge is -2.37. The number of benzene rings is 2. The first kappa shape index (κ1) is 27.8. The summed E-state index contributed by atoms with van der Waals surface area (Å²) < 4.78 is 3.40. The second-order valence-electron chi connectivity index (χ2n) is 10.1. The number of aromatic nitrogens is 4. The molecule has 0 unspecified atom stereocenters. The van der Waals surface area contributed by atoms with Crippen LogP contribution in [0.15, 0.2) is 89.5 Å². The summed E-state index contributed by atoms with van der Waals surface area (Å²) in [6, 6.07) is 15.7. The van der Waals surface area contributed by atoms with E-state index in [0.717, 1.165) is 11.5 Å². The highest BCUT2D eigenvalue weighted by atomic mass is 35.5. The van der Waals surface area contributed by atoms with Gasteiger partial charge in [0, 0.05) is 68.7 Å². The van der Waals surface area contributed by atoms with Crippen LogP contribution in [0.1, 0.15) is 11.6 Å². The summed E-state index contributed by atoms with van der Waals surface area (Å²) in [7, 11) is 1.95. The Morgan fingerprint density at radius 1 is 1.02 bits per heavy atom. The van der Waals surface area contributed by atoms with E-state index in [1.54, 1.807) is 35.6 Å². The zero-order valence-corrected chi connectivity index (χ0v) is 24.3. The molecule has 1 saturated heterocycles. The average Bonchev–Trinajstić information content (AvgIpc) is 3.64. The van der Waals surface area contributed by atoms with E-state index >= 15 is 0 Å². The Bertz CT molecular complexity index is 1680. The molecule has 1 fully saturated rings. The Morgan fingerprint density at radius 3 is 2.48 bits per heavy atom. The molecule has 2 aliphatic heterocycles. The van der Waals surface area contributed by atoms with Crippen molar-refractivity contribution in [1.29, 1.82) is 0 Å². The van der Waals surface area contributed by atoms with E-state index in [2.05, 4.69) is 25.8 Å². The van der Waals surface area contributed by atoms with Gasteiger partial charge < -0.3 is 14.4 Å². The van der Waals surface area contributed by atoms with Gasteiger partial charge >= 0.3 is 0 Å². The van der Waals surface area contributed by atoms with Gasteiger partial charge in [-0.2, -0.15) is 0 Å². The number of hydrazine groups is 2. The van der Waals surface area contributed by atoms with Crippen molar-refractivity contribution in [2.24, 2.45) is 7.05 Å². The molecule has 0 spiro atoms. The Kier molecular flexibility index (Phi) is 7.88. The molecule has 0 saturated carbocycles. The smallest absolute Gasteiger partial charge is 0.254 e. The van der Waals surface area contributed by atoms with Crippen LogP contribution >= 0.6 is 23.2 Å². The molecule has 2 aliphatic rings. The molecule has 13 heteroatoms. The molecular weight excluding hydrogens is 577 g/mol. The number of aryl methyl sites for hydroxylation is 1. The third-order valence-electron chi connectivity index (χ3n) is 7.43. The second kappa shape index (κ2) is 11.9. The molecule has 216 valence electrons. The van der Waals surface area contributed by atoms with E-state index in [0.29, 0.717) is 59.7 Å². The van der Waals surface area contributed by atoms with Crippen molar-refractivity contribution in [2.45, 2.75) is 12.5 Å². The molecule has 0 aliphatic carbocycles. The van der Waals surface area contributed by atoms with Gasteiger partial charge in [-0.25, -0.2) is 9.97 Å². The number of halogens is 2. The first-order valence-corrected chi connectivity index (χ1v) is 14.2. The van der Waals surface area contributed by atoms with Crippen molar-refractivity contribution in [2.75, 3.05) is 36.1 Å². The molecule has 11 nitrogen and oxygen atoms in total. The summed E-state index contributed by atoms with van der Waals surface area (Å²) in [5, 5.41) is 2.57. The lowest BCUT2D eigenvalue weighted by molar-refractivity contribution is -0.135. The monoisotopic (exact) mass is 605 g/mol. The van der Waals surface area contributed by atoms with Crippen LogP contribution in [0.4, 0.5) is 11.6 Å². The average molecular weight is 607 g/mol. The maximum Gasteiger partial charge on any atom is 0.254 e. The van der Waals surface area contributed by atoms with Gasteiger partial charge in [-0.1, -0.05) is 53.5 Å². The summed E-state index contributed by atoms with van der Waals surface area (Å²) in [6.07, 6.45) is 7.15. The Morgan fingerprint density at radius 2 is 1.81 bits per heavy atom. The molecule has 4 aromatic rings. The predicted octanol–water partition coefficient (Wildman–Crippen LogP) is 3.30. The summed E-state index contributed by atoms with van der Waals surface area (Å²) in [5.41, 5.74) is 8.09. The van der Waals surface area contributed by atoms with Crippen molar-refractivity contribution in [3.8, 4) is 11.3 Å². The van der Waals surface area contributed by atoms with Crippen molar-refractivity contribution in [3.05, 3.63) is 106 Å². The second-order valence-corrected chi connectivity index (χ2v) is 11.0. The SMILES string of the molecule is Cn1ccnc1N1CCN(C(=O)[C@H](Cc2ccccc2)n2cnc(-c3cc(Cl)ccc3N3C=C(Cl)NN3)cc2=O)CC1. The highest BCUT2D eigenvalue weighted by Crippen LogP contribution is 2.32. The third kappa shape index (κ3) is 5.71. The van der Waals surface area contributed by atoms with Gasteiger partial charge in [-0.05, 0) is 23.8 Å². The number of carbonyl (C=O) groups is 1. The van der Waals surface area contributed by atoms with E-state index in [-0.39, 0.29) is 11.5 Å². The van der Waals surface area contributed by atoms with Crippen LogP contribution in [-0.4, -0.2) is 56.1 Å². The van der Waals surface area contributed by atoms with Gasteiger partial charge in [0.1, 0.15) is 11.2 Å². The normalized spacial score (nSPS) is 15.9. The number of hydrogen-bond acceptors (Lipinski definition) is 8. The minimum atomic E-state index is -0.758. The van der Waals surface area contributed by atoms with Crippen LogP contribution in [-0.2, 0) is 18.3 Å². The molecule has 0 radical (unpaired) electrons. The first-order valence-electron chi connectivity index (χ1n) is 13.5. The zero-order valence-electron chi connectivity index (χ0n) is 22.8. The number of imidazole rings is 1. The lowest BCUT2D eigenvalue weighted by atomic mass is 10.0. The van der Waals surface area contributed by atoms with Gasteiger partial charge in [0.15, 0.2) is 0 Å². The number of anilines is 2. The highest BCUT2D eigenvalue weighted by molar-refractivity contribution is 6.31. The Balaban J connectivity index is 1.30. The van der Waals surface area contributed by atoms with Crippen LogP contribution in [0, 0.1) is 0 Å². The van der Waals surface area contributed by atoms with E-state index < -0.39 is 6.04 Å². The molecular formula is C29H29Cl2N9O2. The van der Waals surface area contributed by atoms with Crippen molar-refractivity contribution >= 4 is 40.7 Å². The highest BCUT2D eigenvalue weighted by Gasteiger charge is 2.31. The number of rotatable bonds is 7. The third-order valence-corrected chi connectivity index (χ3v) is 7.86. The minimum Gasteiger partial charge on any atom is -0.339 e. The molecule has 42 heavy (non-hydrogen) atoms. The zero-order chi connectivity index (χ0) is 29.2. The van der Waals surface area contributed by atoms with Crippen LogP contribution in [0.3, 0.4) is 0 Å². The first-order chi connectivity index (χ1) is 20.4. The Hall–Kier alpha value is -4.32. The van der Waals surface area contributed by atoms with E-state index in [1.807, 2.05) is 53.0 Å². The number of nitrogens with zero attached hydrogens (tertiary/aromatic N) is 7. The number of carbonyl (C=O) groups excluding carboxylic acids is 1. The summed E-state index contributed by atoms with van der Waals surface area (Å²) in [4.78, 5) is 40.7. The van der Waals surface area contributed by atoms with Crippen LogP contribution < -0.4 is 26.4 Å². The molecule has 6 rings (SSSR count). The molecule has 2 aromatic heterocycles. The van der Waals surface area contributed by atoms with Gasteiger partial charge in [0.25, 0.3) is 5.56 Å². The summed E-state index contributed by atoms with van der Waals surface area (Å²) in [6.45, 7) is 2.35. The number of nitrogens with one attached hydrogen (secondary N) is 2. The lowest BCUT2D eigenvalue weighted by Crippen LogP contribution is -2.52. The summed E-state index contributed by atoms with van der Waals surface area (Å²) >= 11 is 12.4. The van der Waals surface area contributed by atoms with E-state index in [4.69, 9.17) is 23.2 Å². The van der Waals surface area contributed by atoms with Gasteiger partial charge in [-0.15, -0.1) is 5.53 Å². The molecule has 1 amide bonds. The van der Waals surface area contributed by atoms with Crippen molar-refractivity contribution < 1.29 is 4.79 Å². The van der Waals surface area contributed by atoms with Crippen LogP contribution in [0.5, 0.6) is 0 Å². The summed E-state index contributed by atoms with van der Waals surface area (Å²) in [5.74, 6) is 0.752. The largest absolute Gasteiger partial charge is 0.339 e. The fourth-order valence-corrected chi connectivity index (χ4v) is 5.59. The van der Waals surface area contributed by atoms with Gasteiger partial charge in [0.05, 0.1) is 23.9 Å². The van der Waals surface area contributed by atoms with E-state index in [1.165, 1.54) is 17.0 Å². The van der Waals surface area contributed by atoms with Crippen LogP contribution in [0.2, 0.25) is 5.02 Å². The van der Waals surface area contributed by atoms with Crippen molar-refractivity contribution in [3.63, 3.8) is 0 Å². The molecule has 0 bridgehead atoms. The topological polar surface area (TPSA) is 104 Å². The van der Waals surface area contributed by atoms with Crippen molar-refractivity contribution in [1.82, 2.24) is 35.0 Å². The maximum atomic E-state index is 14.0. The van der Waals surface area contributed by atoms with Gasteiger partial charge in [0.2, 0.25) is 11.9 Å². The maximum absolute atomic E-state index is 14.0. The number of hydrogen-bond donors (Lipinski definition) is 2. The minimum absolute atomic E-state index is 0.120. The molecule has 1 atom stereocenters. The Labute approximate surface area is 252 Å². The fraction of sp³-hybridized carbons (Fsp3) is 0.241. The van der Waals surface area contributed by atoms with Gasteiger partial charge in [-0.3, -0.25) is 24.6 Å². The number of amides is 1. The standard InChI is InChI=1S/C29H29Cl2N9O2/c1-36-10-9-32-29(36)38-13-11-37(12-14-38)28(42)25(15-20-5-3-2-4-6-20)39-19-33-23(17-27(39)41)22-16-21(30)7-8-24(22)40-18-26(31)34-35-40/h2-10,16-19,25,34-35H,11-15H2,1H3/t25-/m0/s1. The van der Waals surface area contributed by atoms with Crippen LogP contribution in [0.25, 0.3) is 11.3 Å². The number of piperazine rings is 1. The quantitative estimate of drug-likeness (QED) is 0.309. The predicted molar refractivity (Wildman–Crippen MR) is 163 cm³/mol. The molecule has 2 aromatic carbocycles. The molecule has 2 N–H and O–H groups in total. The molecule has 4 heterocycles.